The zero-order valence-corrected chi connectivity index (χ0v) is 19.4. The third-order valence-corrected chi connectivity index (χ3v) is 7.22. The topological polar surface area (TPSA) is 75.7 Å². The first-order valence-electron chi connectivity index (χ1n) is 10.5. The summed E-state index contributed by atoms with van der Waals surface area (Å²) in [5.41, 5.74) is 1.49. The van der Waals surface area contributed by atoms with E-state index in [0.29, 0.717) is 17.1 Å². The Labute approximate surface area is 193 Å². The summed E-state index contributed by atoms with van der Waals surface area (Å²) in [4.78, 5) is 13.1. The Hall–Kier alpha value is -3.39. The van der Waals surface area contributed by atoms with Crippen molar-refractivity contribution in [1.82, 2.24) is 0 Å². The summed E-state index contributed by atoms with van der Waals surface area (Å²) in [5.74, 6) is -0.654. The monoisotopic (exact) mass is 468 g/mol. The molecule has 1 N–H and O–H groups in total. The van der Waals surface area contributed by atoms with Crippen LogP contribution in [0.15, 0.2) is 77.7 Å². The Kier molecular flexibility index (Phi) is 5.88. The molecule has 1 aliphatic rings. The van der Waals surface area contributed by atoms with Crippen LogP contribution in [0.5, 0.6) is 5.75 Å². The molecule has 0 aromatic heterocycles. The molecular formula is C25H25FN2O4S. The first-order valence-corrected chi connectivity index (χ1v) is 11.9. The van der Waals surface area contributed by atoms with Crippen molar-refractivity contribution in [2.75, 3.05) is 16.2 Å². The zero-order chi connectivity index (χ0) is 23.8. The lowest BCUT2D eigenvalue weighted by Crippen LogP contribution is -2.49. The Morgan fingerprint density at radius 2 is 1.70 bits per heavy atom. The number of hydrogen-bond donors (Lipinski definition) is 1. The van der Waals surface area contributed by atoms with Gasteiger partial charge in [0.2, 0.25) is 0 Å². The molecule has 6 nitrogen and oxygen atoms in total. The summed E-state index contributed by atoms with van der Waals surface area (Å²) in [6.45, 7) is 5.90. The van der Waals surface area contributed by atoms with Crippen LogP contribution >= 0.6 is 0 Å². The van der Waals surface area contributed by atoms with Crippen LogP contribution in [0.3, 0.4) is 0 Å². The second-order valence-corrected chi connectivity index (χ2v) is 10.7. The molecule has 0 saturated carbocycles. The lowest BCUT2D eigenvalue weighted by molar-refractivity contribution is -0.122. The second kappa shape index (κ2) is 8.51. The minimum Gasteiger partial charge on any atom is -0.476 e. The fraction of sp³-hybridized carbons (Fsp3) is 0.240. The molecule has 0 fully saturated rings. The SMILES string of the molecule is CC(C)(C)c1ccc2c(c1)N(S(=O)(=O)c1ccccc1)C[C@H](C(=O)Nc1ccc(F)cc1)O2. The molecule has 172 valence electrons. The van der Waals surface area contributed by atoms with Gasteiger partial charge in [-0.15, -0.1) is 0 Å². The van der Waals surface area contributed by atoms with Gasteiger partial charge in [-0.3, -0.25) is 9.10 Å². The first kappa shape index (κ1) is 22.8. The number of hydrogen-bond acceptors (Lipinski definition) is 4. The number of benzene rings is 3. The first-order chi connectivity index (χ1) is 15.6. The van der Waals surface area contributed by atoms with E-state index in [9.17, 15) is 17.6 Å². The Bertz CT molecular complexity index is 1270. The van der Waals surface area contributed by atoms with Crippen LogP contribution in [0.4, 0.5) is 15.8 Å². The molecule has 4 rings (SSSR count). The summed E-state index contributed by atoms with van der Waals surface area (Å²) in [7, 11) is -3.96. The number of sulfonamides is 1. The van der Waals surface area contributed by atoms with Crippen LogP contribution < -0.4 is 14.4 Å². The normalized spacial score (nSPS) is 16.0. The molecule has 1 aliphatic heterocycles. The van der Waals surface area contributed by atoms with E-state index < -0.39 is 27.9 Å². The van der Waals surface area contributed by atoms with Crippen molar-refractivity contribution in [3.63, 3.8) is 0 Å². The van der Waals surface area contributed by atoms with Gasteiger partial charge in [-0.1, -0.05) is 45.0 Å². The third kappa shape index (κ3) is 4.71. The number of amides is 1. The number of nitrogens with zero attached hydrogens (tertiary/aromatic N) is 1. The maximum absolute atomic E-state index is 13.6. The molecule has 0 bridgehead atoms. The molecule has 3 aromatic rings. The molecule has 0 saturated heterocycles. The van der Waals surface area contributed by atoms with E-state index in [1.165, 1.54) is 40.7 Å². The fourth-order valence-corrected chi connectivity index (χ4v) is 5.05. The highest BCUT2D eigenvalue weighted by Gasteiger charge is 2.38. The van der Waals surface area contributed by atoms with Crippen molar-refractivity contribution < 1.29 is 22.3 Å². The lowest BCUT2D eigenvalue weighted by atomic mass is 9.86. The van der Waals surface area contributed by atoms with Gasteiger partial charge in [0.15, 0.2) is 6.10 Å². The average molecular weight is 469 g/mol. The van der Waals surface area contributed by atoms with Crippen LogP contribution in [0, 0.1) is 5.82 Å². The molecule has 1 amide bonds. The van der Waals surface area contributed by atoms with Crippen molar-refractivity contribution in [3.8, 4) is 5.75 Å². The summed E-state index contributed by atoms with van der Waals surface area (Å²) in [6, 6.07) is 18.8. The maximum atomic E-state index is 13.6. The van der Waals surface area contributed by atoms with Crippen LogP contribution in [0.1, 0.15) is 26.3 Å². The van der Waals surface area contributed by atoms with Gasteiger partial charge in [0.25, 0.3) is 15.9 Å². The van der Waals surface area contributed by atoms with E-state index in [4.69, 9.17) is 4.74 Å². The minimum absolute atomic E-state index is 0.122. The number of ether oxygens (including phenoxy) is 1. The number of fused-ring (bicyclic) bond motifs is 1. The number of carbonyl (C=O) groups excluding carboxylic acids is 1. The molecule has 33 heavy (non-hydrogen) atoms. The van der Waals surface area contributed by atoms with Gasteiger partial charge in [-0.05, 0) is 59.5 Å². The Morgan fingerprint density at radius 3 is 2.33 bits per heavy atom. The Morgan fingerprint density at radius 1 is 1.03 bits per heavy atom. The van der Waals surface area contributed by atoms with Gasteiger partial charge >= 0.3 is 0 Å². The number of halogens is 1. The van der Waals surface area contributed by atoms with Crippen LogP contribution in [-0.2, 0) is 20.2 Å². The van der Waals surface area contributed by atoms with E-state index in [2.05, 4.69) is 5.32 Å². The highest BCUT2D eigenvalue weighted by molar-refractivity contribution is 7.92. The molecule has 0 aliphatic carbocycles. The minimum atomic E-state index is -3.96. The molecule has 1 heterocycles. The Balaban J connectivity index is 1.73. The molecule has 3 aromatic carbocycles. The van der Waals surface area contributed by atoms with E-state index in [1.54, 1.807) is 30.3 Å². The lowest BCUT2D eigenvalue weighted by Gasteiger charge is -2.36. The predicted octanol–water partition coefficient (Wildman–Crippen LogP) is 4.72. The molecule has 0 radical (unpaired) electrons. The number of carbonyl (C=O) groups is 1. The predicted molar refractivity (Wildman–Crippen MR) is 126 cm³/mol. The van der Waals surface area contributed by atoms with Gasteiger partial charge in [-0.2, -0.15) is 0 Å². The van der Waals surface area contributed by atoms with Crippen LogP contribution in [0.25, 0.3) is 0 Å². The smallest absolute Gasteiger partial charge is 0.267 e. The number of anilines is 2. The summed E-state index contributed by atoms with van der Waals surface area (Å²) in [6.07, 6.45) is -1.10. The third-order valence-electron chi connectivity index (χ3n) is 5.43. The average Bonchev–Trinajstić information content (AvgIpc) is 2.79. The van der Waals surface area contributed by atoms with Gasteiger partial charge in [0.1, 0.15) is 11.6 Å². The van der Waals surface area contributed by atoms with Crippen molar-refractivity contribution in [2.24, 2.45) is 0 Å². The quantitative estimate of drug-likeness (QED) is 0.601. The largest absolute Gasteiger partial charge is 0.476 e. The van der Waals surface area contributed by atoms with Gasteiger partial charge in [0, 0.05) is 5.69 Å². The number of rotatable bonds is 4. The van der Waals surface area contributed by atoms with Crippen molar-refractivity contribution in [2.45, 2.75) is 37.2 Å². The van der Waals surface area contributed by atoms with E-state index >= 15 is 0 Å². The van der Waals surface area contributed by atoms with Crippen molar-refractivity contribution in [3.05, 3.63) is 84.2 Å². The number of nitrogens with one attached hydrogen (secondary N) is 1. The summed E-state index contributed by atoms with van der Waals surface area (Å²) < 4.78 is 47.5. The standard InChI is InChI=1S/C25H25FN2O4S/c1-25(2,3)17-9-14-22-21(15-17)28(33(30,31)20-7-5-4-6-8-20)16-23(32-22)24(29)27-19-12-10-18(26)11-13-19/h4-15,23H,16H2,1-3H3,(H,27,29)/t23-/m1/s1. The van der Waals surface area contributed by atoms with E-state index in [-0.39, 0.29) is 16.9 Å². The molecule has 0 spiro atoms. The summed E-state index contributed by atoms with van der Waals surface area (Å²) >= 11 is 0. The van der Waals surface area contributed by atoms with Crippen molar-refractivity contribution >= 4 is 27.3 Å². The van der Waals surface area contributed by atoms with Gasteiger partial charge in [-0.25, -0.2) is 12.8 Å². The van der Waals surface area contributed by atoms with E-state index in [1.807, 2.05) is 26.8 Å². The fourth-order valence-electron chi connectivity index (χ4n) is 3.56. The maximum Gasteiger partial charge on any atom is 0.267 e. The van der Waals surface area contributed by atoms with Gasteiger partial charge in [0.05, 0.1) is 17.1 Å². The second-order valence-electron chi connectivity index (χ2n) is 8.88. The molecule has 0 unspecified atom stereocenters. The highest BCUT2D eigenvalue weighted by atomic mass is 32.2. The van der Waals surface area contributed by atoms with Gasteiger partial charge < -0.3 is 10.1 Å². The molecule has 1 atom stereocenters. The summed E-state index contributed by atoms with van der Waals surface area (Å²) in [5, 5.41) is 2.66. The van der Waals surface area contributed by atoms with Crippen LogP contribution in [-0.4, -0.2) is 27.0 Å². The van der Waals surface area contributed by atoms with Crippen LogP contribution in [0.2, 0.25) is 0 Å². The van der Waals surface area contributed by atoms with E-state index in [0.717, 1.165) is 5.56 Å². The van der Waals surface area contributed by atoms with Crippen molar-refractivity contribution in [1.29, 1.82) is 0 Å². The zero-order valence-electron chi connectivity index (χ0n) is 18.6. The highest BCUT2D eigenvalue weighted by Crippen LogP contribution is 2.40. The molecule has 8 heteroatoms. The molecular weight excluding hydrogens is 443 g/mol.